The SMILES string of the molecule is C=CC[C@H](c1ccc2c(c1)OC(F)(F)O2)N1CCNCC1.Cl.Cl. The van der Waals surface area contributed by atoms with Crippen LogP contribution in [0.15, 0.2) is 30.9 Å². The summed E-state index contributed by atoms with van der Waals surface area (Å²) in [6, 6.07) is 5.13. The molecule has 0 saturated carbocycles. The van der Waals surface area contributed by atoms with Gasteiger partial charge in [0.25, 0.3) is 0 Å². The quantitative estimate of drug-likeness (QED) is 0.826. The molecule has 130 valence electrons. The summed E-state index contributed by atoms with van der Waals surface area (Å²) in [6.07, 6.45) is -0.953. The lowest BCUT2D eigenvalue weighted by molar-refractivity contribution is -0.286. The highest BCUT2D eigenvalue weighted by atomic mass is 35.5. The Morgan fingerprint density at radius 1 is 1.22 bits per heavy atom. The summed E-state index contributed by atoms with van der Waals surface area (Å²) < 4.78 is 35.2. The highest BCUT2D eigenvalue weighted by Gasteiger charge is 2.43. The zero-order valence-corrected chi connectivity index (χ0v) is 14.1. The predicted molar refractivity (Wildman–Crippen MR) is 89.1 cm³/mol. The molecule has 0 amide bonds. The van der Waals surface area contributed by atoms with Crippen LogP contribution in [0.2, 0.25) is 0 Å². The Morgan fingerprint density at radius 2 is 1.87 bits per heavy atom. The lowest BCUT2D eigenvalue weighted by atomic mass is 10.0. The molecule has 23 heavy (non-hydrogen) atoms. The van der Waals surface area contributed by atoms with Gasteiger partial charge in [-0.2, -0.15) is 0 Å². The number of piperazine rings is 1. The van der Waals surface area contributed by atoms with Crippen LogP contribution in [-0.4, -0.2) is 37.4 Å². The first-order valence-electron chi connectivity index (χ1n) is 7.04. The van der Waals surface area contributed by atoms with Crippen LogP contribution in [0, 0.1) is 0 Å². The number of alkyl halides is 2. The van der Waals surface area contributed by atoms with Crippen LogP contribution in [0.5, 0.6) is 11.5 Å². The molecular formula is C15H20Cl2F2N2O2. The van der Waals surface area contributed by atoms with Gasteiger partial charge in [0.2, 0.25) is 0 Å². The molecule has 2 aliphatic rings. The van der Waals surface area contributed by atoms with Crippen molar-refractivity contribution < 1.29 is 18.3 Å². The smallest absolute Gasteiger partial charge is 0.395 e. The number of fused-ring (bicyclic) bond motifs is 1. The highest BCUT2D eigenvalue weighted by molar-refractivity contribution is 5.85. The molecule has 2 heterocycles. The molecule has 1 aromatic rings. The molecule has 1 atom stereocenters. The first-order valence-corrected chi connectivity index (χ1v) is 7.04. The lowest BCUT2D eigenvalue weighted by Gasteiger charge is -2.34. The Labute approximate surface area is 146 Å². The van der Waals surface area contributed by atoms with Crippen molar-refractivity contribution in [1.82, 2.24) is 10.2 Å². The number of nitrogens with one attached hydrogen (secondary N) is 1. The van der Waals surface area contributed by atoms with Crippen LogP contribution >= 0.6 is 24.8 Å². The summed E-state index contributed by atoms with van der Waals surface area (Å²) in [5.74, 6) is 0.183. The molecule has 2 aliphatic heterocycles. The van der Waals surface area contributed by atoms with Gasteiger partial charge in [-0.05, 0) is 24.1 Å². The van der Waals surface area contributed by atoms with Crippen molar-refractivity contribution in [2.75, 3.05) is 26.2 Å². The van der Waals surface area contributed by atoms with Gasteiger partial charge in [0, 0.05) is 32.2 Å². The largest absolute Gasteiger partial charge is 0.586 e. The first kappa shape index (κ1) is 20.0. The topological polar surface area (TPSA) is 33.7 Å². The number of halogens is 4. The van der Waals surface area contributed by atoms with Crippen LogP contribution in [0.4, 0.5) is 8.78 Å². The Kier molecular flexibility index (Phi) is 7.07. The van der Waals surface area contributed by atoms with Gasteiger partial charge in [-0.3, -0.25) is 4.90 Å². The molecule has 8 heteroatoms. The van der Waals surface area contributed by atoms with Gasteiger partial charge in [-0.1, -0.05) is 12.1 Å². The van der Waals surface area contributed by atoms with Gasteiger partial charge >= 0.3 is 6.29 Å². The van der Waals surface area contributed by atoms with Crippen LogP contribution in [0.3, 0.4) is 0 Å². The minimum Gasteiger partial charge on any atom is -0.395 e. The third-order valence-electron chi connectivity index (χ3n) is 3.79. The third kappa shape index (κ3) is 4.47. The van der Waals surface area contributed by atoms with Crippen molar-refractivity contribution in [2.24, 2.45) is 0 Å². The number of nitrogens with zero attached hydrogens (tertiary/aromatic N) is 1. The van der Waals surface area contributed by atoms with Crippen molar-refractivity contribution in [3.8, 4) is 11.5 Å². The second-order valence-corrected chi connectivity index (χ2v) is 5.20. The van der Waals surface area contributed by atoms with Gasteiger partial charge < -0.3 is 14.8 Å². The molecule has 1 fully saturated rings. The highest BCUT2D eigenvalue weighted by Crippen LogP contribution is 2.43. The van der Waals surface area contributed by atoms with E-state index in [1.807, 2.05) is 12.1 Å². The Bertz CT molecular complexity index is 540. The summed E-state index contributed by atoms with van der Waals surface area (Å²) in [5.41, 5.74) is 0.942. The third-order valence-corrected chi connectivity index (χ3v) is 3.79. The molecule has 0 spiro atoms. The number of benzene rings is 1. The molecule has 1 aromatic carbocycles. The van der Waals surface area contributed by atoms with E-state index in [2.05, 4.69) is 26.3 Å². The fourth-order valence-electron chi connectivity index (χ4n) is 2.82. The standard InChI is InChI=1S/C15H18F2N2O2.2ClH/c1-2-3-12(19-8-6-18-7-9-19)11-4-5-13-14(10-11)21-15(16,17)20-13;;/h2,4-5,10,12,18H,1,3,6-9H2;2*1H/t12-;;/m1../s1. The van der Waals surface area contributed by atoms with Crippen LogP contribution in [0.1, 0.15) is 18.0 Å². The lowest BCUT2D eigenvalue weighted by Crippen LogP contribution is -2.45. The molecule has 4 nitrogen and oxygen atoms in total. The average molecular weight is 369 g/mol. The maximum atomic E-state index is 13.1. The zero-order valence-electron chi connectivity index (χ0n) is 12.5. The van der Waals surface area contributed by atoms with Crippen molar-refractivity contribution in [3.05, 3.63) is 36.4 Å². The van der Waals surface area contributed by atoms with E-state index < -0.39 is 6.29 Å². The fourth-order valence-corrected chi connectivity index (χ4v) is 2.82. The normalized spacial score (nSPS) is 20.1. The molecule has 0 aliphatic carbocycles. The van der Waals surface area contributed by atoms with Gasteiger partial charge in [0.1, 0.15) is 0 Å². The van der Waals surface area contributed by atoms with E-state index in [4.69, 9.17) is 0 Å². The van der Waals surface area contributed by atoms with E-state index in [1.54, 1.807) is 12.1 Å². The summed E-state index contributed by atoms with van der Waals surface area (Å²) in [6.45, 7) is 7.49. The summed E-state index contributed by atoms with van der Waals surface area (Å²) >= 11 is 0. The van der Waals surface area contributed by atoms with Gasteiger partial charge in [-0.15, -0.1) is 40.2 Å². The van der Waals surface area contributed by atoms with E-state index in [-0.39, 0.29) is 42.4 Å². The summed E-state index contributed by atoms with van der Waals surface area (Å²) in [4.78, 5) is 2.33. The van der Waals surface area contributed by atoms with Crippen molar-refractivity contribution >= 4 is 24.8 Å². The van der Waals surface area contributed by atoms with Gasteiger partial charge in [-0.25, -0.2) is 0 Å². The molecule has 0 radical (unpaired) electrons. The first-order chi connectivity index (χ1) is 10.1. The molecule has 1 saturated heterocycles. The summed E-state index contributed by atoms with van der Waals surface area (Å²) in [5, 5.41) is 3.30. The average Bonchev–Trinajstić information content (AvgIpc) is 2.78. The second kappa shape index (κ2) is 8.15. The number of hydrogen-bond acceptors (Lipinski definition) is 4. The number of hydrogen-bond donors (Lipinski definition) is 1. The van der Waals surface area contributed by atoms with Crippen molar-refractivity contribution in [1.29, 1.82) is 0 Å². The molecule has 1 N–H and O–H groups in total. The maximum Gasteiger partial charge on any atom is 0.586 e. The monoisotopic (exact) mass is 368 g/mol. The minimum atomic E-state index is -3.57. The van der Waals surface area contributed by atoms with Crippen LogP contribution in [0.25, 0.3) is 0 Å². The summed E-state index contributed by atoms with van der Waals surface area (Å²) in [7, 11) is 0. The molecule has 3 rings (SSSR count). The maximum absolute atomic E-state index is 13.1. The van der Waals surface area contributed by atoms with Gasteiger partial charge in [0.15, 0.2) is 11.5 Å². The predicted octanol–water partition coefficient (Wildman–Crippen LogP) is 3.37. The zero-order chi connectivity index (χ0) is 14.9. The van der Waals surface area contributed by atoms with E-state index in [0.717, 1.165) is 38.2 Å². The van der Waals surface area contributed by atoms with Crippen molar-refractivity contribution in [2.45, 2.75) is 18.8 Å². The number of ether oxygens (including phenoxy) is 2. The van der Waals surface area contributed by atoms with E-state index in [9.17, 15) is 8.78 Å². The molecule has 0 unspecified atom stereocenters. The van der Waals surface area contributed by atoms with Crippen LogP contribution in [-0.2, 0) is 0 Å². The molecule has 0 aromatic heterocycles. The van der Waals surface area contributed by atoms with Gasteiger partial charge in [0.05, 0.1) is 0 Å². The van der Waals surface area contributed by atoms with E-state index in [0.29, 0.717) is 0 Å². The van der Waals surface area contributed by atoms with Crippen molar-refractivity contribution in [3.63, 3.8) is 0 Å². The Hall–Kier alpha value is -1.08. The minimum absolute atomic E-state index is 0. The molecular weight excluding hydrogens is 349 g/mol. The Balaban J connectivity index is 0.00000132. The van der Waals surface area contributed by atoms with Crippen LogP contribution < -0.4 is 14.8 Å². The fraction of sp³-hybridized carbons (Fsp3) is 0.467. The number of rotatable bonds is 4. The molecule has 0 bridgehead atoms. The van der Waals surface area contributed by atoms with E-state index >= 15 is 0 Å². The van der Waals surface area contributed by atoms with E-state index in [1.165, 1.54) is 0 Å². The second-order valence-electron chi connectivity index (χ2n) is 5.20. The Morgan fingerprint density at radius 3 is 2.52 bits per heavy atom.